The highest BCUT2D eigenvalue weighted by Gasteiger charge is 2.43. The van der Waals surface area contributed by atoms with E-state index in [2.05, 4.69) is 0 Å². The molecule has 0 aromatic heterocycles. The molecule has 0 aliphatic carbocycles. The standard InChI is InChI=1S/C11H27O5PSi/c1-6-11(18(15-9-4)16-10-5)17(12,13-7-2)14-8-3/h11,18H,6-10H2,1-5H3. The predicted octanol–water partition coefficient (Wildman–Crippen LogP) is 2.86. The van der Waals surface area contributed by atoms with Crippen molar-refractivity contribution < 1.29 is 22.5 Å². The first-order valence-electron chi connectivity index (χ1n) is 6.71. The number of hydrogen-bond donors (Lipinski definition) is 0. The lowest BCUT2D eigenvalue weighted by atomic mass is 10.6. The third kappa shape index (κ3) is 5.51. The van der Waals surface area contributed by atoms with Gasteiger partial charge in [-0.3, -0.25) is 4.57 Å². The van der Waals surface area contributed by atoms with E-state index in [1.54, 1.807) is 0 Å². The molecule has 5 nitrogen and oxygen atoms in total. The van der Waals surface area contributed by atoms with Crippen molar-refractivity contribution in [2.45, 2.75) is 46.3 Å². The van der Waals surface area contributed by atoms with Gasteiger partial charge in [0.1, 0.15) is 5.28 Å². The molecule has 0 saturated heterocycles. The van der Waals surface area contributed by atoms with E-state index in [1.165, 1.54) is 0 Å². The van der Waals surface area contributed by atoms with E-state index in [-0.39, 0.29) is 5.28 Å². The Labute approximate surface area is 113 Å². The lowest BCUT2D eigenvalue weighted by Crippen LogP contribution is -2.38. The van der Waals surface area contributed by atoms with E-state index < -0.39 is 16.9 Å². The maximum Gasteiger partial charge on any atom is 0.336 e. The minimum Gasteiger partial charge on any atom is -0.396 e. The Kier molecular flexibility index (Phi) is 10.3. The van der Waals surface area contributed by atoms with Crippen LogP contribution in [0.15, 0.2) is 0 Å². The molecule has 0 rings (SSSR count). The van der Waals surface area contributed by atoms with Crippen LogP contribution < -0.4 is 0 Å². The molecule has 18 heavy (non-hydrogen) atoms. The van der Waals surface area contributed by atoms with Gasteiger partial charge in [-0.2, -0.15) is 0 Å². The smallest absolute Gasteiger partial charge is 0.336 e. The zero-order valence-electron chi connectivity index (χ0n) is 12.2. The van der Waals surface area contributed by atoms with Crippen molar-refractivity contribution in [1.29, 1.82) is 0 Å². The summed E-state index contributed by atoms with van der Waals surface area (Å²) < 4.78 is 34.9. The van der Waals surface area contributed by atoms with E-state index in [1.807, 2.05) is 34.6 Å². The van der Waals surface area contributed by atoms with Crippen molar-refractivity contribution in [2.24, 2.45) is 0 Å². The summed E-state index contributed by atoms with van der Waals surface area (Å²) in [5, 5.41) is -0.253. The summed E-state index contributed by atoms with van der Waals surface area (Å²) in [6.45, 7) is 11.3. The van der Waals surface area contributed by atoms with Crippen LogP contribution in [0.4, 0.5) is 0 Å². The minimum absolute atomic E-state index is 0.253. The summed E-state index contributed by atoms with van der Waals surface area (Å²) in [6, 6.07) is 0. The van der Waals surface area contributed by atoms with Gasteiger partial charge in [0, 0.05) is 13.2 Å². The summed E-state index contributed by atoms with van der Waals surface area (Å²) in [6.07, 6.45) is 0.675. The van der Waals surface area contributed by atoms with Gasteiger partial charge < -0.3 is 17.9 Å². The van der Waals surface area contributed by atoms with Crippen molar-refractivity contribution in [1.82, 2.24) is 0 Å². The zero-order valence-corrected chi connectivity index (χ0v) is 14.2. The highest BCUT2D eigenvalue weighted by Crippen LogP contribution is 2.55. The summed E-state index contributed by atoms with van der Waals surface area (Å²) in [5.74, 6) is 0. The van der Waals surface area contributed by atoms with Gasteiger partial charge in [0.25, 0.3) is 0 Å². The van der Waals surface area contributed by atoms with Crippen LogP contribution in [0.25, 0.3) is 0 Å². The molecule has 0 aromatic carbocycles. The van der Waals surface area contributed by atoms with Gasteiger partial charge in [0.15, 0.2) is 0 Å². The Morgan fingerprint density at radius 1 is 0.889 bits per heavy atom. The Morgan fingerprint density at radius 2 is 1.33 bits per heavy atom. The average molecular weight is 298 g/mol. The van der Waals surface area contributed by atoms with E-state index in [4.69, 9.17) is 17.9 Å². The quantitative estimate of drug-likeness (QED) is 0.433. The van der Waals surface area contributed by atoms with Crippen LogP contribution in [0.5, 0.6) is 0 Å². The van der Waals surface area contributed by atoms with Crippen LogP contribution in [-0.4, -0.2) is 41.0 Å². The second-order valence-electron chi connectivity index (χ2n) is 3.63. The largest absolute Gasteiger partial charge is 0.396 e. The maximum absolute atomic E-state index is 12.8. The van der Waals surface area contributed by atoms with E-state index in [9.17, 15) is 4.57 Å². The summed E-state index contributed by atoms with van der Waals surface area (Å²) in [7, 11) is -5.18. The van der Waals surface area contributed by atoms with E-state index in [0.29, 0.717) is 32.8 Å². The van der Waals surface area contributed by atoms with Crippen LogP contribution in [0.1, 0.15) is 41.0 Å². The summed E-state index contributed by atoms with van der Waals surface area (Å²) in [4.78, 5) is 0. The normalized spacial score (nSPS) is 14.1. The highest BCUT2D eigenvalue weighted by atomic mass is 31.2. The molecule has 0 aliphatic rings. The Morgan fingerprint density at radius 3 is 1.61 bits per heavy atom. The van der Waals surface area contributed by atoms with Gasteiger partial charge in [-0.25, -0.2) is 0 Å². The van der Waals surface area contributed by atoms with Gasteiger partial charge >= 0.3 is 16.9 Å². The van der Waals surface area contributed by atoms with Crippen molar-refractivity contribution >= 4 is 16.9 Å². The van der Waals surface area contributed by atoms with Crippen LogP contribution in [-0.2, 0) is 22.5 Å². The maximum atomic E-state index is 12.8. The fourth-order valence-electron chi connectivity index (χ4n) is 1.75. The molecule has 0 spiro atoms. The summed E-state index contributed by atoms with van der Waals surface area (Å²) >= 11 is 0. The lowest BCUT2D eigenvalue weighted by molar-refractivity contribution is 0.189. The van der Waals surface area contributed by atoms with E-state index >= 15 is 0 Å². The van der Waals surface area contributed by atoms with Gasteiger partial charge in [0.2, 0.25) is 0 Å². The van der Waals surface area contributed by atoms with Gasteiger partial charge in [0.05, 0.1) is 13.2 Å². The fourth-order valence-corrected chi connectivity index (χ4v) is 7.18. The fraction of sp³-hybridized carbons (Fsp3) is 1.00. The zero-order chi connectivity index (χ0) is 14.0. The topological polar surface area (TPSA) is 54.0 Å². The Balaban J connectivity index is 4.99. The van der Waals surface area contributed by atoms with Crippen molar-refractivity contribution in [2.75, 3.05) is 26.4 Å². The van der Waals surface area contributed by atoms with Crippen molar-refractivity contribution in [3.63, 3.8) is 0 Å². The van der Waals surface area contributed by atoms with Gasteiger partial charge in [-0.15, -0.1) is 0 Å². The molecular weight excluding hydrogens is 271 g/mol. The molecule has 0 bridgehead atoms. The van der Waals surface area contributed by atoms with Crippen molar-refractivity contribution in [3.8, 4) is 0 Å². The first-order chi connectivity index (χ1) is 8.59. The molecule has 0 N–H and O–H groups in total. The molecule has 0 aliphatic heterocycles. The van der Waals surface area contributed by atoms with E-state index in [0.717, 1.165) is 0 Å². The predicted molar refractivity (Wildman–Crippen MR) is 75.3 cm³/mol. The molecule has 0 amide bonds. The molecule has 0 heterocycles. The molecule has 110 valence electrons. The van der Waals surface area contributed by atoms with Crippen molar-refractivity contribution in [3.05, 3.63) is 0 Å². The Hall–Kier alpha value is 0.287. The SMILES string of the molecule is CCO[SiH](OCC)C(CC)P(=O)(OCC)OCC. The van der Waals surface area contributed by atoms with Crippen LogP contribution in [0.2, 0.25) is 0 Å². The third-order valence-electron chi connectivity index (χ3n) is 2.42. The van der Waals surface area contributed by atoms with Crippen LogP contribution >= 0.6 is 7.60 Å². The Bertz CT molecular complexity index is 236. The average Bonchev–Trinajstić information content (AvgIpc) is 2.31. The van der Waals surface area contributed by atoms with Gasteiger partial charge in [-0.05, 0) is 34.1 Å². The molecule has 0 radical (unpaired) electrons. The van der Waals surface area contributed by atoms with Crippen LogP contribution in [0, 0.1) is 0 Å². The highest BCUT2D eigenvalue weighted by molar-refractivity contribution is 7.57. The second kappa shape index (κ2) is 10.1. The van der Waals surface area contributed by atoms with Crippen LogP contribution in [0.3, 0.4) is 0 Å². The molecule has 0 fully saturated rings. The molecule has 0 saturated carbocycles. The lowest BCUT2D eigenvalue weighted by Gasteiger charge is -2.29. The molecule has 1 unspecified atom stereocenters. The number of hydrogen-bond acceptors (Lipinski definition) is 5. The molecule has 1 atom stereocenters. The van der Waals surface area contributed by atoms with Gasteiger partial charge in [-0.1, -0.05) is 6.92 Å². The first kappa shape index (κ1) is 18.3. The first-order valence-corrected chi connectivity index (χ1v) is 9.93. The molecular formula is C11H27O5PSi. The molecule has 7 heteroatoms. The minimum atomic E-state index is -3.13. The summed E-state index contributed by atoms with van der Waals surface area (Å²) in [5.41, 5.74) is 0. The second-order valence-corrected chi connectivity index (χ2v) is 8.66. The number of rotatable bonds is 11. The molecule has 0 aromatic rings. The monoisotopic (exact) mass is 298 g/mol. The third-order valence-corrected chi connectivity index (χ3v) is 9.08.